The van der Waals surface area contributed by atoms with E-state index in [1.807, 2.05) is 24.3 Å². The average Bonchev–Trinajstić information content (AvgIpc) is 2.82. The van der Waals surface area contributed by atoms with Gasteiger partial charge in [-0.1, -0.05) is 36.4 Å². The van der Waals surface area contributed by atoms with E-state index in [-0.39, 0.29) is 5.57 Å². The second kappa shape index (κ2) is 11.5. The molecule has 2 aromatic carbocycles. The molecule has 0 unspecified atom stereocenters. The molecule has 1 N–H and O–H groups in total. The van der Waals surface area contributed by atoms with E-state index in [1.54, 1.807) is 0 Å². The van der Waals surface area contributed by atoms with Crippen molar-refractivity contribution < 1.29 is 19.1 Å². The van der Waals surface area contributed by atoms with Crippen LogP contribution in [0.15, 0.2) is 60.3 Å². The number of benzene rings is 2. The number of carbonyl (C=O) groups is 2. The highest BCUT2D eigenvalue weighted by molar-refractivity contribution is 6.14. The first-order chi connectivity index (χ1) is 15.5. The third-order valence-corrected chi connectivity index (χ3v) is 5.65. The van der Waals surface area contributed by atoms with Gasteiger partial charge in [0.05, 0.1) is 14.2 Å². The zero-order valence-electron chi connectivity index (χ0n) is 19.0. The van der Waals surface area contributed by atoms with Crippen LogP contribution in [0.5, 0.6) is 0 Å². The van der Waals surface area contributed by atoms with Crippen LogP contribution in [0.25, 0.3) is 0 Å². The monoisotopic (exact) mass is 437 g/mol. The van der Waals surface area contributed by atoms with Crippen molar-refractivity contribution >= 4 is 17.6 Å². The molecule has 0 atom stereocenters. The quantitative estimate of drug-likeness (QED) is 0.295. The normalized spacial score (nSPS) is 14.5. The van der Waals surface area contributed by atoms with E-state index < -0.39 is 11.9 Å². The Labute approximate surface area is 189 Å². The molecule has 1 aliphatic rings. The van der Waals surface area contributed by atoms with Crippen molar-refractivity contribution in [3.8, 4) is 0 Å². The summed E-state index contributed by atoms with van der Waals surface area (Å²) in [6.45, 7) is 8.03. The van der Waals surface area contributed by atoms with Gasteiger partial charge < -0.3 is 14.8 Å². The van der Waals surface area contributed by atoms with Crippen LogP contribution in [0, 0.1) is 6.92 Å². The molecular formula is C25H31N3O4. The van der Waals surface area contributed by atoms with Gasteiger partial charge in [-0.3, -0.25) is 9.80 Å². The van der Waals surface area contributed by atoms with Gasteiger partial charge in [0, 0.05) is 51.2 Å². The highest BCUT2D eigenvalue weighted by Crippen LogP contribution is 2.19. The van der Waals surface area contributed by atoms with E-state index in [0.29, 0.717) is 0 Å². The lowest BCUT2D eigenvalue weighted by atomic mass is 10.1. The standard InChI is InChI=1S/C25H31N3O4/c1-19-9-10-22(26-16-23(24(29)31-2)25(30)32-3)15-21(19)18-28-13-11-27(12-14-28)17-20-7-5-4-6-8-20/h4-10,15-16,26H,11-14,17-18H2,1-3H3. The number of rotatable bonds is 8. The van der Waals surface area contributed by atoms with Gasteiger partial charge in [-0.05, 0) is 35.7 Å². The third-order valence-electron chi connectivity index (χ3n) is 5.65. The molecule has 0 aliphatic carbocycles. The van der Waals surface area contributed by atoms with Crippen LogP contribution >= 0.6 is 0 Å². The summed E-state index contributed by atoms with van der Waals surface area (Å²) in [4.78, 5) is 28.6. The van der Waals surface area contributed by atoms with Crippen molar-refractivity contribution in [2.24, 2.45) is 0 Å². The van der Waals surface area contributed by atoms with Crippen LogP contribution in [0.3, 0.4) is 0 Å². The maximum absolute atomic E-state index is 11.8. The first kappa shape index (κ1) is 23.5. The first-order valence-corrected chi connectivity index (χ1v) is 10.7. The van der Waals surface area contributed by atoms with Crippen molar-refractivity contribution in [2.45, 2.75) is 20.0 Å². The summed E-state index contributed by atoms with van der Waals surface area (Å²) in [6, 6.07) is 16.6. The number of methoxy groups -OCH3 is 2. The van der Waals surface area contributed by atoms with Gasteiger partial charge >= 0.3 is 11.9 Å². The number of hydrogen-bond acceptors (Lipinski definition) is 7. The van der Waals surface area contributed by atoms with Crippen molar-refractivity contribution in [3.05, 3.63) is 77.0 Å². The molecule has 0 spiro atoms. The molecule has 1 heterocycles. The third kappa shape index (κ3) is 6.42. The predicted molar refractivity (Wildman–Crippen MR) is 124 cm³/mol. The van der Waals surface area contributed by atoms with Gasteiger partial charge in [0.2, 0.25) is 0 Å². The molecule has 32 heavy (non-hydrogen) atoms. The number of esters is 2. The zero-order chi connectivity index (χ0) is 22.9. The zero-order valence-corrected chi connectivity index (χ0v) is 19.0. The molecule has 2 aromatic rings. The Morgan fingerprint density at radius 2 is 1.50 bits per heavy atom. The smallest absolute Gasteiger partial charge is 0.346 e. The van der Waals surface area contributed by atoms with Gasteiger partial charge in [0.1, 0.15) is 0 Å². The van der Waals surface area contributed by atoms with Gasteiger partial charge in [-0.15, -0.1) is 0 Å². The van der Waals surface area contributed by atoms with Crippen LogP contribution in [-0.2, 0) is 32.2 Å². The van der Waals surface area contributed by atoms with E-state index >= 15 is 0 Å². The van der Waals surface area contributed by atoms with Crippen LogP contribution in [0.4, 0.5) is 5.69 Å². The molecule has 0 bridgehead atoms. The summed E-state index contributed by atoms with van der Waals surface area (Å²) in [6.07, 6.45) is 1.33. The summed E-state index contributed by atoms with van der Waals surface area (Å²) in [5.74, 6) is -1.49. The van der Waals surface area contributed by atoms with E-state index in [2.05, 4.69) is 55.8 Å². The fraction of sp³-hybridized carbons (Fsp3) is 0.360. The second-order valence-corrected chi connectivity index (χ2v) is 7.86. The number of piperazine rings is 1. The van der Waals surface area contributed by atoms with E-state index in [1.165, 1.54) is 37.1 Å². The van der Waals surface area contributed by atoms with E-state index in [9.17, 15) is 9.59 Å². The summed E-state index contributed by atoms with van der Waals surface area (Å²) in [7, 11) is 2.45. The Morgan fingerprint density at radius 1 is 0.906 bits per heavy atom. The Kier molecular flexibility index (Phi) is 8.41. The van der Waals surface area contributed by atoms with Crippen molar-refractivity contribution in [2.75, 3.05) is 45.7 Å². The summed E-state index contributed by atoms with van der Waals surface area (Å²) >= 11 is 0. The summed E-state index contributed by atoms with van der Waals surface area (Å²) in [5, 5.41) is 3.02. The summed E-state index contributed by atoms with van der Waals surface area (Å²) in [5.41, 5.74) is 4.36. The maximum Gasteiger partial charge on any atom is 0.346 e. The minimum atomic E-state index is -0.745. The SMILES string of the molecule is COC(=O)C(=CNc1ccc(C)c(CN2CCN(Cc3ccccc3)CC2)c1)C(=O)OC. The van der Waals surface area contributed by atoms with Gasteiger partial charge in [-0.25, -0.2) is 9.59 Å². The molecule has 170 valence electrons. The fourth-order valence-electron chi connectivity index (χ4n) is 3.70. The molecule has 1 saturated heterocycles. The lowest BCUT2D eigenvalue weighted by Crippen LogP contribution is -2.45. The number of aryl methyl sites for hydroxylation is 1. The number of nitrogens with one attached hydrogen (secondary N) is 1. The van der Waals surface area contributed by atoms with E-state index in [0.717, 1.165) is 45.0 Å². The van der Waals surface area contributed by atoms with Gasteiger partial charge in [0.25, 0.3) is 0 Å². The minimum Gasteiger partial charge on any atom is -0.465 e. The predicted octanol–water partition coefficient (Wildman–Crippen LogP) is 2.95. The van der Waals surface area contributed by atoms with Crippen LogP contribution in [0.2, 0.25) is 0 Å². The first-order valence-electron chi connectivity index (χ1n) is 10.7. The Hall–Kier alpha value is -3.16. The highest BCUT2D eigenvalue weighted by atomic mass is 16.5. The maximum atomic E-state index is 11.8. The molecule has 1 fully saturated rings. The second-order valence-electron chi connectivity index (χ2n) is 7.86. The molecule has 7 nitrogen and oxygen atoms in total. The van der Waals surface area contributed by atoms with E-state index in [4.69, 9.17) is 0 Å². The summed E-state index contributed by atoms with van der Waals surface area (Å²) < 4.78 is 9.31. The largest absolute Gasteiger partial charge is 0.465 e. The number of nitrogens with zero attached hydrogens (tertiary/aromatic N) is 2. The average molecular weight is 438 g/mol. The lowest BCUT2D eigenvalue weighted by Gasteiger charge is -2.35. The Balaban J connectivity index is 1.59. The minimum absolute atomic E-state index is 0.188. The molecule has 0 radical (unpaired) electrons. The highest BCUT2D eigenvalue weighted by Gasteiger charge is 2.20. The van der Waals surface area contributed by atoms with Gasteiger partial charge in [-0.2, -0.15) is 0 Å². The molecule has 7 heteroatoms. The molecule has 0 saturated carbocycles. The van der Waals surface area contributed by atoms with Crippen molar-refractivity contribution in [1.29, 1.82) is 0 Å². The molecule has 3 rings (SSSR count). The van der Waals surface area contributed by atoms with Gasteiger partial charge in [0.15, 0.2) is 5.57 Å². The molecule has 1 aliphatic heterocycles. The number of anilines is 1. The van der Waals surface area contributed by atoms with Crippen LogP contribution < -0.4 is 5.32 Å². The lowest BCUT2D eigenvalue weighted by molar-refractivity contribution is -0.144. The Morgan fingerprint density at radius 3 is 2.09 bits per heavy atom. The van der Waals surface area contributed by atoms with Crippen molar-refractivity contribution in [1.82, 2.24) is 9.80 Å². The molecule has 0 amide bonds. The topological polar surface area (TPSA) is 71.1 Å². The Bertz CT molecular complexity index is 933. The fourth-order valence-corrected chi connectivity index (χ4v) is 3.70. The molecule has 0 aromatic heterocycles. The number of ether oxygens (including phenoxy) is 2. The van der Waals surface area contributed by atoms with Crippen LogP contribution in [0.1, 0.15) is 16.7 Å². The number of hydrogen-bond donors (Lipinski definition) is 1. The van der Waals surface area contributed by atoms with Crippen molar-refractivity contribution in [3.63, 3.8) is 0 Å². The van der Waals surface area contributed by atoms with Crippen LogP contribution in [-0.4, -0.2) is 62.1 Å². The molecular weight excluding hydrogens is 406 g/mol. The number of carbonyl (C=O) groups excluding carboxylic acids is 2.